The maximum Gasteiger partial charge on any atom is 0.303 e. The minimum Gasteiger partial charge on any atom is -0.493 e. The van der Waals surface area contributed by atoms with Gasteiger partial charge in [0.05, 0.1) is 9.35 Å². The van der Waals surface area contributed by atoms with E-state index >= 15 is 0 Å². The van der Waals surface area contributed by atoms with Crippen LogP contribution >= 0.6 is 0 Å². The van der Waals surface area contributed by atoms with Gasteiger partial charge in [-0.05, 0) is 54.2 Å². The highest BCUT2D eigenvalue weighted by Gasteiger charge is 2.19. The van der Waals surface area contributed by atoms with E-state index in [4.69, 9.17) is 12.6 Å². The van der Waals surface area contributed by atoms with E-state index in [1.807, 2.05) is 72.8 Å². The van der Waals surface area contributed by atoms with Gasteiger partial charge in [-0.15, -0.1) is 0 Å². The summed E-state index contributed by atoms with van der Waals surface area (Å²) < 4.78 is 24.1. The topological polar surface area (TPSA) is 66.8 Å². The minimum absolute atomic E-state index is 0.00362. The van der Waals surface area contributed by atoms with Crippen molar-refractivity contribution in [3.8, 4) is 16.9 Å². The van der Waals surface area contributed by atoms with E-state index in [-0.39, 0.29) is 13.0 Å². The van der Waals surface area contributed by atoms with Crippen LogP contribution in [-0.2, 0) is 17.8 Å². The molecule has 0 radical (unpaired) electrons. The molecule has 0 saturated heterocycles. The summed E-state index contributed by atoms with van der Waals surface area (Å²) in [6.07, 6.45) is 2.15. The molecule has 1 N–H and O–H groups in total. The van der Waals surface area contributed by atoms with Crippen molar-refractivity contribution in [1.29, 1.82) is 0 Å². The number of unbranched alkanes of at least 4 members (excludes halogenated alkanes) is 2. The summed E-state index contributed by atoms with van der Waals surface area (Å²) in [6.45, 7) is -1.70. The van der Waals surface area contributed by atoms with Gasteiger partial charge < -0.3 is 14.7 Å². The number of aliphatic carboxylic acids is 1. The Morgan fingerprint density at radius 2 is 1.37 bits per heavy atom. The molecule has 0 unspecified atom stereocenters. The number of nitrogens with zero attached hydrogens (tertiary/aromatic N) is 1. The number of rotatable bonds is 13. The summed E-state index contributed by atoms with van der Waals surface area (Å²) in [6, 6.07) is 33.1. The first-order chi connectivity index (χ1) is 19.4. The summed E-state index contributed by atoms with van der Waals surface area (Å²) in [4.78, 5) is 25.9. The van der Waals surface area contributed by atoms with E-state index in [2.05, 4.69) is 0 Å². The lowest BCUT2D eigenvalue weighted by Crippen LogP contribution is -2.30. The molecule has 4 rings (SSSR count). The fourth-order valence-corrected chi connectivity index (χ4v) is 4.11. The fraction of sp³-hybridized carbons (Fsp3) is 0.212. The van der Waals surface area contributed by atoms with E-state index in [1.165, 1.54) is 4.90 Å². The van der Waals surface area contributed by atoms with Crippen LogP contribution in [0.5, 0.6) is 5.75 Å². The predicted molar refractivity (Wildman–Crippen MR) is 150 cm³/mol. The Morgan fingerprint density at radius 3 is 2.08 bits per heavy atom. The summed E-state index contributed by atoms with van der Waals surface area (Å²) in [5, 5.41) is 8.82. The van der Waals surface area contributed by atoms with E-state index < -0.39 is 18.4 Å². The number of hydrogen-bond acceptors (Lipinski definition) is 3. The van der Waals surface area contributed by atoms with Crippen molar-refractivity contribution >= 4 is 11.9 Å². The van der Waals surface area contributed by atoms with Crippen LogP contribution in [0, 0.1) is 0 Å². The molecule has 5 heteroatoms. The molecule has 0 spiro atoms. The molecule has 0 atom stereocenters. The highest BCUT2D eigenvalue weighted by atomic mass is 16.5. The first-order valence-corrected chi connectivity index (χ1v) is 12.8. The summed E-state index contributed by atoms with van der Waals surface area (Å²) in [5.41, 5.74) is 3.45. The van der Waals surface area contributed by atoms with Gasteiger partial charge in [0.25, 0.3) is 5.91 Å². The van der Waals surface area contributed by atoms with Gasteiger partial charge in [-0.2, -0.15) is 0 Å². The first kappa shape index (κ1) is 24.0. The molecule has 0 saturated carbocycles. The second kappa shape index (κ2) is 13.8. The fourth-order valence-electron chi connectivity index (χ4n) is 4.11. The number of carboxylic acids is 1. The molecular weight excluding hydrogens is 474 g/mol. The van der Waals surface area contributed by atoms with Gasteiger partial charge in [0, 0.05) is 30.6 Å². The Morgan fingerprint density at radius 1 is 0.737 bits per heavy atom. The monoisotopic (exact) mass is 509 g/mol. The molecule has 194 valence electrons. The summed E-state index contributed by atoms with van der Waals surface area (Å²) in [5.74, 6) is -0.669. The Labute approximate surface area is 227 Å². The number of carboxylic acid groups (broad SMARTS) is 1. The molecule has 1 amide bonds. The van der Waals surface area contributed by atoms with Crippen LogP contribution in [-0.4, -0.2) is 28.5 Å². The van der Waals surface area contributed by atoms with Crippen LogP contribution in [0.2, 0.25) is 0 Å². The molecule has 0 heterocycles. The average Bonchev–Trinajstić information content (AvgIpc) is 2.98. The zero-order valence-corrected chi connectivity index (χ0v) is 21.3. The van der Waals surface area contributed by atoms with Gasteiger partial charge in [0.1, 0.15) is 5.75 Å². The van der Waals surface area contributed by atoms with Gasteiger partial charge in [-0.3, -0.25) is 9.59 Å². The van der Waals surface area contributed by atoms with E-state index in [1.54, 1.807) is 36.4 Å². The van der Waals surface area contributed by atoms with Gasteiger partial charge in [0.2, 0.25) is 0 Å². The standard InChI is InChI=1S/C33H33NO4/c35-32(36)18-8-3-11-23-38-31-17-10-9-16-30(31)25-34(24-26-12-4-1-5-13-26)33(37)29-21-19-28(20-22-29)27-14-6-2-7-15-27/h1-2,4-7,9-10,12-17,19-22H,3,8,11,18,23-25H2,(H,35,36)/i24D2. The van der Waals surface area contributed by atoms with Gasteiger partial charge in [-0.1, -0.05) is 91.0 Å². The van der Waals surface area contributed by atoms with Crippen LogP contribution in [0.25, 0.3) is 11.1 Å². The number of carbonyl (C=O) groups is 2. The van der Waals surface area contributed by atoms with E-state index in [0.29, 0.717) is 41.9 Å². The van der Waals surface area contributed by atoms with Crippen molar-refractivity contribution in [2.45, 2.75) is 38.7 Å². The van der Waals surface area contributed by atoms with Crippen molar-refractivity contribution in [1.82, 2.24) is 4.90 Å². The first-order valence-electron chi connectivity index (χ1n) is 13.8. The van der Waals surface area contributed by atoms with Gasteiger partial charge in [-0.25, -0.2) is 0 Å². The van der Waals surface area contributed by atoms with Crippen LogP contribution in [0.1, 0.15) is 49.9 Å². The Kier molecular flexibility index (Phi) is 8.71. The zero-order chi connectivity index (χ0) is 28.4. The molecule has 4 aromatic rings. The number of carbonyl (C=O) groups excluding carboxylic acids is 1. The molecule has 0 bridgehead atoms. The third kappa shape index (κ3) is 7.81. The third-order valence-electron chi connectivity index (χ3n) is 6.12. The smallest absolute Gasteiger partial charge is 0.303 e. The quantitative estimate of drug-likeness (QED) is 0.193. The highest BCUT2D eigenvalue weighted by molar-refractivity contribution is 5.94. The molecule has 0 aliphatic carbocycles. The lowest BCUT2D eigenvalue weighted by atomic mass is 10.0. The predicted octanol–water partition coefficient (Wildman–Crippen LogP) is 7.22. The Balaban J connectivity index is 1.58. The maximum atomic E-state index is 13.9. The van der Waals surface area contributed by atoms with Crippen molar-refractivity contribution in [3.05, 3.63) is 126 Å². The lowest BCUT2D eigenvalue weighted by Gasteiger charge is -2.24. The van der Waals surface area contributed by atoms with Crippen LogP contribution < -0.4 is 4.74 Å². The highest BCUT2D eigenvalue weighted by Crippen LogP contribution is 2.24. The molecule has 0 aromatic heterocycles. The second-order valence-corrected chi connectivity index (χ2v) is 8.97. The largest absolute Gasteiger partial charge is 0.493 e. The van der Waals surface area contributed by atoms with Crippen molar-refractivity contribution in [2.24, 2.45) is 0 Å². The normalized spacial score (nSPS) is 11.8. The SMILES string of the molecule is [2H]C([2H])(c1ccccc1)N(Cc1ccccc1OCCCCCC(=O)O)C(=O)c1ccc(-c2ccccc2)cc1. The van der Waals surface area contributed by atoms with Crippen molar-refractivity contribution < 1.29 is 22.2 Å². The van der Waals surface area contributed by atoms with Gasteiger partial charge >= 0.3 is 5.97 Å². The lowest BCUT2D eigenvalue weighted by molar-refractivity contribution is -0.137. The van der Waals surface area contributed by atoms with Crippen LogP contribution in [0.15, 0.2) is 109 Å². The number of hydrogen-bond donors (Lipinski definition) is 1. The van der Waals surface area contributed by atoms with Crippen LogP contribution in [0.4, 0.5) is 0 Å². The minimum atomic E-state index is -2.10. The Hall–Kier alpha value is -4.38. The molecule has 0 aliphatic rings. The zero-order valence-electron chi connectivity index (χ0n) is 23.3. The van der Waals surface area contributed by atoms with E-state index in [9.17, 15) is 9.59 Å². The third-order valence-corrected chi connectivity index (χ3v) is 6.12. The molecule has 38 heavy (non-hydrogen) atoms. The molecule has 0 fully saturated rings. The number of para-hydroxylation sites is 1. The molecule has 4 aromatic carbocycles. The summed E-state index contributed by atoms with van der Waals surface area (Å²) >= 11 is 0. The van der Waals surface area contributed by atoms with E-state index in [0.717, 1.165) is 17.5 Å². The van der Waals surface area contributed by atoms with Crippen molar-refractivity contribution in [2.75, 3.05) is 6.61 Å². The number of ether oxygens (including phenoxy) is 1. The average molecular weight is 510 g/mol. The maximum absolute atomic E-state index is 13.9. The van der Waals surface area contributed by atoms with Crippen molar-refractivity contribution in [3.63, 3.8) is 0 Å². The molecule has 5 nitrogen and oxygen atoms in total. The molecule has 0 aliphatic heterocycles. The van der Waals surface area contributed by atoms with Gasteiger partial charge in [0.15, 0.2) is 0 Å². The second-order valence-electron chi connectivity index (χ2n) is 8.97. The Bertz CT molecular complexity index is 1390. The number of amides is 1. The molecular formula is C33H33NO4. The number of benzene rings is 4. The van der Waals surface area contributed by atoms with Crippen LogP contribution in [0.3, 0.4) is 0 Å². The summed E-state index contributed by atoms with van der Waals surface area (Å²) in [7, 11) is 0.